The number of aryl methyl sites for hydroxylation is 2. The Balaban J connectivity index is 1.82. The molecule has 0 aliphatic carbocycles. The van der Waals surface area contributed by atoms with E-state index >= 15 is 0 Å². The molecule has 0 atom stereocenters. The van der Waals surface area contributed by atoms with E-state index in [1.165, 1.54) is 6.33 Å². The number of amides is 1. The summed E-state index contributed by atoms with van der Waals surface area (Å²) in [5.41, 5.74) is 4.03. The van der Waals surface area contributed by atoms with Crippen molar-refractivity contribution in [1.29, 1.82) is 0 Å². The number of methoxy groups -OCH3 is 1. The van der Waals surface area contributed by atoms with Crippen molar-refractivity contribution in [1.82, 2.24) is 9.97 Å². The van der Waals surface area contributed by atoms with Gasteiger partial charge in [0.25, 0.3) is 5.91 Å². The Morgan fingerprint density at radius 3 is 2.46 bits per heavy atom. The van der Waals surface area contributed by atoms with Gasteiger partial charge in [0.15, 0.2) is 0 Å². The number of para-hydroxylation sites is 3. The maximum Gasteiger partial charge on any atom is 0.274 e. The van der Waals surface area contributed by atoms with Crippen molar-refractivity contribution in [3.63, 3.8) is 0 Å². The molecule has 0 spiro atoms. The van der Waals surface area contributed by atoms with Gasteiger partial charge in [0.05, 0.1) is 12.8 Å². The number of anilines is 3. The van der Waals surface area contributed by atoms with Gasteiger partial charge in [-0.1, -0.05) is 30.3 Å². The fourth-order valence-electron chi connectivity index (χ4n) is 2.62. The average Bonchev–Trinajstić information content (AvgIpc) is 2.65. The Morgan fingerprint density at radius 2 is 1.73 bits per heavy atom. The Kier molecular flexibility index (Phi) is 5.12. The summed E-state index contributed by atoms with van der Waals surface area (Å²) < 4.78 is 5.25. The summed E-state index contributed by atoms with van der Waals surface area (Å²) in [6.07, 6.45) is 1.37. The van der Waals surface area contributed by atoms with Crippen LogP contribution in [0.2, 0.25) is 0 Å². The summed E-state index contributed by atoms with van der Waals surface area (Å²) in [6, 6.07) is 14.9. The Hall–Kier alpha value is -3.41. The third kappa shape index (κ3) is 3.80. The van der Waals surface area contributed by atoms with E-state index in [1.807, 2.05) is 44.2 Å². The van der Waals surface area contributed by atoms with Crippen molar-refractivity contribution >= 4 is 23.1 Å². The number of rotatable bonds is 5. The summed E-state index contributed by atoms with van der Waals surface area (Å²) in [5, 5.41) is 6.08. The molecular weight excluding hydrogens is 328 g/mol. The zero-order valence-electron chi connectivity index (χ0n) is 14.9. The highest BCUT2D eigenvalue weighted by atomic mass is 16.5. The molecule has 0 saturated carbocycles. The molecule has 1 aromatic heterocycles. The van der Waals surface area contributed by atoms with E-state index in [9.17, 15) is 4.79 Å². The lowest BCUT2D eigenvalue weighted by Gasteiger charge is -2.13. The highest BCUT2D eigenvalue weighted by Gasteiger charge is 2.12. The second-order valence-corrected chi connectivity index (χ2v) is 5.83. The number of nitrogens with zero attached hydrogens (tertiary/aromatic N) is 2. The van der Waals surface area contributed by atoms with E-state index in [-0.39, 0.29) is 11.6 Å². The molecule has 0 saturated heterocycles. The van der Waals surface area contributed by atoms with Crippen LogP contribution in [0.5, 0.6) is 5.75 Å². The van der Waals surface area contributed by atoms with Crippen molar-refractivity contribution < 1.29 is 9.53 Å². The summed E-state index contributed by atoms with van der Waals surface area (Å²) in [5.74, 6) is 0.813. The second-order valence-electron chi connectivity index (χ2n) is 5.83. The van der Waals surface area contributed by atoms with Crippen molar-refractivity contribution in [2.45, 2.75) is 13.8 Å². The third-order valence-electron chi connectivity index (χ3n) is 3.99. The van der Waals surface area contributed by atoms with E-state index in [4.69, 9.17) is 4.74 Å². The summed E-state index contributed by atoms with van der Waals surface area (Å²) in [4.78, 5) is 20.8. The molecular formula is C20H20N4O2. The van der Waals surface area contributed by atoms with Crippen molar-refractivity contribution in [3.8, 4) is 5.75 Å². The van der Waals surface area contributed by atoms with Gasteiger partial charge in [-0.3, -0.25) is 4.79 Å². The Bertz CT molecular complexity index is 920. The van der Waals surface area contributed by atoms with E-state index < -0.39 is 0 Å². The van der Waals surface area contributed by atoms with Crippen LogP contribution in [0.4, 0.5) is 17.2 Å². The van der Waals surface area contributed by atoms with E-state index in [0.717, 1.165) is 16.8 Å². The SMILES string of the molecule is COc1ccccc1NC(=O)c1cc(Nc2c(C)cccc2C)ncn1. The van der Waals surface area contributed by atoms with Crippen LogP contribution >= 0.6 is 0 Å². The topological polar surface area (TPSA) is 76.1 Å². The molecule has 0 unspecified atom stereocenters. The van der Waals surface area contributed by atoms with Gasteiger partial charge in [0, 0.05) is 11.8 Å². The van der Waals surface area contributed by atoms with Crippen LogP contribution in [0.1, 0.15) is 21.6 Å². The molecule has 0 radical (unpaired) electrons. The minimum absolute atomic E-state index is 0.264. The molecule has 26 heavy (non-hydrogen) atoms. The van der Waals surface area contributed by atoms with Crippen LogP contribution in [-0.4, -0.2) is 23.0 Å². The fraction of sp³-hybridized carbons (Fsp3) is 0.150. The molecule has 3 aromatic rings. The van der Waals surface area contributed by atoms with Crippen LogP contribution in [0.3, 0.4) is 0 Å². The first-order valence-corrected chi connectivity index (χ1v) is 8.18. The normalized spacial score (nSPS) is 10.3. The van der Waals surface area contributed by atoms with Gasteiger partial charge in [-0.2, -0.15) is 0 Å². The predicted octanol–water partition coefficient (Wildman–Crippen LogP) is 4.10. The molecule has 2 N–H and O–H groups in total. The molecule has 1 heterocycles. The van der Waals surface area contributed by atoms with Gasteiger partial charge in [0.2, 0.25) is 0 Å². The smallest absolute Gasteiger partial charge is 0.274 e. The minimum atomic E-state index is -0.332. The number of carbonyl (C=O) groups excluding carboxylic acids is 1. The third-order valence-corrected chi connectivity index (χ3v) is 3.99. The van der Waals surface area contributed by atoms with Crippen LogP contribution in [-0.2, 0) is 0 Å². The first-order valence-electron chi connectivity index (χ1n) is 8.18. The molecule has 0 bridgehead atoms. The average molecular weight is 348 g/mol. The second kappa shape index (κ2) is 7.65. The Labute approximate surface area is 152 Å². The Morgan fingerprint density at radius 1 is 1.00 bits per heavy atom. The monoisotopic (exact) mass is 348 g/mol. The maximum absolute atomic E-state index is 12.5. The van der Waals surface area contributed by atoms with Crippen LogP contribution in [0.15, 0.2) is 54.9 Å². The molecule has 0 aliphatic rings. The van der Waals surface area contributed by atoms with Crippen molar-refractivity contribution in [2.75, 3.05) is 17.7 Å². The molecule has 132 valence electrons. The maximum atomic E-state index is 12.5. The van der Waals surface area contributed by atoms with Gasteiger partial charge >= 0.3 is 0 Å². The number of benzene rings is 2. The first-order chi connectivity index (χ1) is 12.6. The molecule has 0 fully saturated rings. The number of hydrogen-bond acceptors (Lipinski definition) is 5. The summed E-state index contributed by atoms with van der Waals surface area (Å²) in [7, 11) is 1.56. The lowest BCUT2D eigenvalue weighted by molar-refractivity contribution is 0.102. The summed E-state index contributed by atoms with van der Waals surface area (Å²) in [6.45, 7) is 4.04. The largest absolute Gasteiger partial charge is 0.495 e. The van der Waals surface area contributed by atoms with Crippen LogP contribution < -0.4 is 15.4 Å². The lowest BCUT2D eigenvalue weighted by atomic mass is 10.1. The van der Waals surface area contributed by atoms with Crippen molar-refractivity contribution in [3.05, 3.63) is 71.7 Å². The van der Waals surface area contributed by atoms with E-state index in [0.29, 0.717) is 17.3 Å². The number of ether oxygens (including phenoxy) is 1. The molecule has 1 amide bonds. The standard InChI is InChI=1S/C20H20N4O2/c1-13-7-6-8-14(2)19(13)24-18-11-16(21-12-22-18)20(25)23-15-9-4-5-10-17(15)26-3/h4-12H,1-3H3,(H,23,25)(H,21,22,24). The highest BCUT2D eigenvalue weighted by Crippen LogP contribution is 2.25. The van der Waals surface area contributed by atoms with Crippen LogP contribution in [0.25, 0.3) is 0 Å². The van der Waals surface area contributed by atoms with E-state index in [1.54, 1.807) is 25.3 Å². The fourth-order valence-corrected chi connectivity index (χ4v) is 2.62. The number of aromatic nitrogens is 2. The zero-order chi connectivity index (χ0) is 18.5. The molecule has 0 aliphatic heterocycles. The van der Waals surface area contributed by atoms with Crippen molar-refractivity contribution in [2.24, 2.45) is 0 Å². The molecule has 6 heteroatoms. The van der Waals surface area contributed by atoms with Gasteiger partial charge in [-0.25, -0.2) is 9.97 Å². The van der Waals surface area contributed by atoms with Gasteiger partial charge in [-0.05, 0) is 37.1 Å². The minimum Gasteiger partial charge on any atom is -0.495 e. The molecule has 2 aromatic carbocycles. The van der Waals surface area contributed by atoms with Gasteiger partial charge < -0.3 is 15.4 Å². The van der Waals surface area contributed by atoms with Gasteiger partial charge in [-0.15, -0.1) is 0 Å². The molecule has 6 nitrogen and oxygen atoms in total. The zero-order valence-corrected chi connectivity index (χ0v) is 14.9. The highest BCUT2D eigenvalue weighted by molar-refractivity contribution is 6.04. The van der Waals surface area contributed by atoms with Gasteiger partial charge in [0.1, 0.15) is 23.6 Å². The quantitative estimate of drug-likeness (QED) is 0.726. The summed E-state index contributed by atoms with van der Waals surface area (Å²) >= 11 is 0. The predicted molar refractivity (Wildman–Crippen MR) is 102 cm³/mol. The number of nitrogens with one attached hydrogen (secondary N) is 2. The van der Waals surface area contributed by atoms with Crippen LogP contribution in [0, 0.1) is 13.8 Å². The number of carbonyl (C=O) groups is 1. The lowest BCUT2D eigenvalue weighted by Crippen LogP contribution is -2.15. The first kappa shape index (κ1) is 17.4. The number of hydrogen-bond donors (Lipinski definition) is 2. The van der Waals surface area contributed by atoms with E-state index in [2.05, 4.69) is 20.6 Å². The molecule has 3 rings (SSSR count).